The molecule has 168 valence electrons. The first kappa shape index (κ1) is 24.7. The number of rotatable bonds is 8. The highest BCUT2D eigenvalue weighted by atomic mass is 32.2. The van der Waals surface area contributed by atoms with Crippen molar-refractivity contribution in [1.29, 1.82) is 0 Å². The van der Waals surface area contributed by atoms with Crippen molar-refractivity contribution >= 4 is 46.3 Å². The van der Waals surface area contributed by atoms with Crippen molar-refractivity contribution in [2.75, 3.05) is 26.4 Å². The Morgan fingerprint density at radius 1 is 1.29 bits per heavy atom. The predicted molar refractivity (Wildman–Crippen MR) is 121 cm³/mol. The zero-order valence-corrected chi connectivity index (χ0v) is 19.2. The molecule has 0 unspecified atom stereocenters. The van der Waals surface area contributed by atoms with Gasteiger partial charge in [-0.1, -0.05) is 11.8 Å². The summed E-state index contributed by atoms with van der Waals surface area (Å²) in [6.45, 7) is 1.89. The molecule has 0 N–H and O–H groups in total. The first-order valence-electron chi connectivity index (χ1n) is 9.50. The monoisotopic (exact) mass is 467 g/mol. The molecule has 1 aliphatic rings. The first-order chi connectivity index (χ1) is 14.7. The maximum atomic E-state index is 12.7. The van der Waals surface area contributed by atoms with Gasteiger partial charge in [0, 0.05) is 62.8 Å². The number of non-ortho nitro benzene ring substituents is 1. The van der Waals surface area contributed by atoms with Gasteiger partial charge in [0.1, 0.15) is 6.61 Å². The van der Waals surface area contributed by atoms with E-state index in [2.05, 4.69) is 0 Å². The van der Waals surface area contributed by atoms with Gasteiger partial charge in [0.2, 0.25) is 5.91 Å². The average Bonchev–Trinajstić information content (AvgIpc) is 3.11. The summed E-state index contributed by atoms with van der Waals surface area (Å²) in [7, 11) is 3.33. The van der Waals surface area contributed by atoms with Crippen molar-refractivity contribution in [3.05, 3.63) is 51.4 Å². The second kappa shape index (κ2) is 11.8. The summed E-state index contributed by atoms with van der Waals surface area (Å²) in [4.78, 5) is 49.1. The number of likely N-dealkylation sites (tertiary alicyclic amines) is 1. The number of hydrogen-bond acceptors (Lipinski definition) is 8. The van der Waals surface area contributed by atoms with E-state index in [4.69, 9.17) is 4.74 Å². The van der Waals surface area contributed by atoms with Crippen LogP contribution in [0.15, 0.2) is 35.7 Å². The number of carbonyl (C=O) groups is 3. The van der Waals surface area contributed by atoms with Crippen LogP contribution in [0.1, 0.15) is 18.9 Å². The lowest BCUT2D eigenvalue weighted by molar-refractivity contribution is -0.384. The minimum Gasteiger partial charge on any atom is -0.445 e. The standard InChI is InChI=1S/C20H25N3O6S2/c1-14(24)31-18-10-17(13-30-9-8-19(25)21(2)3)22(11-18)20(26)29-12-15-4-6-16(7-5-15)23(27)28/h4-9,17-18H,10-13H2,1-3H3/b9-8+/t17-,18-/m0/s1. The molecular weight excluding hydrogens is 442 g/mol. The Hall–Kier alpha value is -2.53. The molecular formula is C20H25N3O6S2. The van der Waals surface area contributed by atoms with Gasteiger partial charge in [0.15, 0.2) is 5.12 Å². The number of amides is 2. The average molecular weight is 468 g/mol. The molecule has 0 aliphatic carbocycles. The molecule has 0 aromatic heterocycles. The van der Waals surface area contributed by atoms with Crippen molar-refractivity contribution in [3.63, 3.8) is 0 Å². The third-order valence-electron chi connectivity index (χ3n) is 4.49. The number of ether oxygens (including phenoxy) is 1. The molecule has 1 aromatic rings. The Kier molecular flexibility index (Phi) is 9.38. The summed E-state index contributed by atoms with van der Waals surface area (Å²) in [6.07, 6.45) is 1.63. The third-order valence-corrected chi connectivity index (χ3v) is 6.40. The molecule has 2 atom stereocenters. The van der Waals surface area contributed by atoms with Crippen LogP contribution in [0.4, 0.5) is 10.5 Å². The summed E-state index contributed by atoms with van der Waals surface area (Å²) in [5, 5.41) is 12.4. The molecule has 1 heterocycles. The fraction of sp³-hybridized carbons (Fsp3) is 0.450. The quantitative estimate of drug-likeness (QED) is 0.325. The summed E-state index contributed by atoms with van der Waals surface area (Å²) in [5.41, 5.74) is 0.612. The van der Waals surface area contributed by atoms with Crippen molar-refractivity contribution < 1.29 is 24.0 Å². The van der Waals surface area contributed by atoms with E-state index in [1.807, 2.05) is 0 Å². The lowest BCUT2D eigenvalue weighted by Crippen LogP contribution is -2.37. The Balaban J connectivity index is 1.95. The smallest absolute Gasteiger partial charge is 0.410 e. The second-order valence-corrected chi connectivity index (χ2v) is 9.54. The fourth-order valence-electron chi connectivity index (χ4n) is 2.94. The van der Waals surface area contributed by atoms with Crippen LogP contribution >= 0.6 is 23.5 Å². The molecule has 1 fully saturated rings. The molecule has 0 radical (unpaired) electrons. The van der Waals surface area contributed by atoms with Crippen molar-refractivity contribution in [1.82, 2.24) is 9.80 Å². The lowest BCUT2D eigenvalue weighted by atomic mass is 10.2. The van der Waals surface area contributed by atoms with Crippen LogP contribution in [0.3, 0.4) is 0 Å². The molecule has 11 heteroatoms. The number of nitro groups is 1. The highest BCUT2D eigenvalue weighted by molar-refractivity contribution is 8.14. The SMILES string of the molecule is CC(=O)S[C@H]1C[C@@H](CS/C=C/C(=O)N(C)C)N(C(=O)OCc2ccc([N+](=O)[O-])cc2)C1. The molecule has 0 bridgehead atoms. The molecule has 0 saturated carbocycles. The van der Waals surface area contributed by atoms with Gasteiger partial charge < -0.3 is 14.5 Å². The first-order valence-corrected chi connectivity index (χ1v) is 11.4. The van der Waals surface area contributed by atoms with Crippen LogP contribution < -0.4 is 0 Å². The molecule has 1 saturated heterocycles. The van der Waals surface area contributed by atoms with Gasteiger partial charge in [0.05, 0.1) is 4.92 Å². The minimum absolute atomic E-state index is 0.00501. The Morgan fingerprint density at radius 2 is 1.97 bits per heavy atom. The van der Waals surface area contributed by atoms with E-state index in [0.29, 0.717) is 24.3 Å². The van der Waals surface area contributed by atoms with Gasteiger partial charge >= 0.3 is 6.09 Å². The number of benzene rings is 1. The Bertz CT molecular complexity index is 844. The molecule has 2 rings (SSSR count). The van der Waals surface area contributed by atoms with E-state index < -0.39 is 11.0 Å². The van der Waals surface area contributed by atoms with Gasteiger partial charge in [0.25, 0.3) is 5.69 Å². The van der Waals surface area contributed by atoms with E-state index in [-0.39, 0.29) is 34.6 Å². The Labute approximate surface area is 189 Å². The van der Waals surface area contributed by atoms with Gasteiger partial charge in [-0.25, -0.2) is 4.79 Å². The largest absolute Gasteiger partial charge is 0.445 e. The Morgan fingerprint density at radius 3 is 2.55 bits per heavy atom. The van der Waals surface area contributed by atoms with Crippen LogP contribution in [-0.4, -0.2) is 69.5 Å². The fourth-order valence-corrected chi connectivity index (χ4v) is 4.82. The van der Waals surface area contributed by atoms with Gasteiger partial charge in [-0.15, -0.1) is 11.8 Å². The zero-order chi connectivity index (χ0) is 23.0. The van der Waals surface area contributed by atoms with E-state index in [1.54, 1.807) is 36.5 Å². The number of nitro benzene ring substituents is 1. The maximum Gasteiger partial charge on any atom is 0.410 e. The van der Waals surface area contributed by atoms with Crippen molar-refractivity contribution in [2.24, 2.45) is 0 Å². The topological polar surface area (TPSA) is 110 Å². The van der Waals surface area contributed by atoms with Crippen molar-refractivity contribution in [2.45, 2.75) is 31.2 Å². The van der Waals surface area contributed by atoms with E-state index in [9.17, 15) is 24.5 Å². The number of likely N-dealkylation sites (N-methyl/N-ethyl adjacent to an activating group) is 1. The van der Waals surface area contributed by atoms with E-state index in [0.717, 1.165) is 0 Å². The van der Waals surface area contributed by atoms with Crippen LogP contribution in [0.25, 0.3) is 0 Å². The normalized spacial score (nSPS) is 18.2. The predicted octanol–water partition coefficient (Wildman–Crippen LogP) is 3.29. The molecule has 1 aliphatic heterocycles. The summed E-state index contributed by atoms with van der Waals surface area (Å²) >= 11 is 2.64. The molecule has 31 heavy (non-hydrogen) atoms. The second-order valence-electron chi connectivity index (χ2n) is 7.12. The van der Waals surface area contributed by atoms with Crippen LogP contribution in [0, 0.1) is 10.1 Å². The summed E-state index contributed by atoms with van der Waals surface area (Å²) in [5.74, 6) is 0.446. The zero-order valence-electron chi connectivity index (χ0n) is 17.6. The van der Waals surface area contributed by atoms with Crippen LogP contribution in [0.5, 0.6) is 0 Å². The van der Waals surface area contributed by atoms with Gasteiger partial charge in [-0.2, -0.15) is 0 Å². The molecule has 2 amide bonds. The van der Waals surface area contributed by atoms with Crippen LogP contribution in [0.2, 0.25) is 0 Å². The number of thioether (sulfide) groups is 2. The number of hydrogen-bond donors (Lipinski definition) is 0. The van der Waals surface area contributed by atoms with Crippen LogP contribution in [-0.2, 0) is 20.9 Å². The lowest BCUT2D eigenvalue weighted by Gasteiger charge is -2.23. The van der Waals surface area contributed by atoms with Gasteiger partial charge in [-0.3, -0.25) is 19.7 Å². The van der Waals surface area contributed by atoms with Gasteiger partial charge in [-0.05, 0) is 29.5 Å². The minimum atomic E-state index is -0.496. The van der Waals surface area contributed by atoms with E-state index >= 15 is 0 Å². The maximum absolute atomic E-state index is 12.7. The molecule has 9 nitrogen and oxygen atoms in total. The highest BCUT2D eigenvalue weighted by Gasteiger charge is 2.37. The van der Waals surface area contributed by atoms with E-state index in [1.165, 1.54) is 53.6 Å². The number of nitrogens with zero attached hydrogens (tertiary/aromatic N) is 3. The molecule has 1 aromatic carbocycles. The summed E-state index contributed by atoms with van der Waals surface area (Å²) < 4.78 is 5.41. The highest BCUT2D eigenvalue weighted by Crippen LogP contribution is 2.31. The number of carbonyl (C=O) groups excluding carboxylic acids is 3. The van der Waals surface area contributed by atoms with Crippen molar-refractivity contribution in [3.8, 4) is 0 Å². The summed E-state index contributed by atoms with van der Waals surface area (Å²) in [6, 6.07) is 5.68. The molecule has 0 spiro atoms. The third kappa shape index (κ3) is 7.91.